The Kier molecular flexibility index (Phi) is 3.89. The van der Waals surface area contributed by atoms with E-state index in [-0.39, 0.29) is 6.42 Å². The van der Waals surface area contributed by atoms with Crippen LogP contribution in [0.25, 0.3) is 0 Å². The maximum Gasteiger partial charge on any atom is 0.308 e. The van der Waals surface area contributed by atoms with E-state index < -0.39 is 5.97 Å². The summed E-state index contributed by atoms with van der Waals surface area (Å²) < 4.78 is 7.32. The first kappa shape index (κ1) is 12.9. The van der Waals surface area contributed by atoms with E-state index >= 15 is 0 Å². The molecule has 0 saturated heterocycles. The van der Waals surface area contributed by atoms with E-state index in [1.54, 1.807) is 7.11 Å². The van der Waals surface area contributed by atoms with E-state index in [1.165, 1.54) is 12.8 Å². The van der Waals surface area contributed by atoms with Crippen molar-refractivity contribution in [2.75, 3.05) is 7.11 Å². The summed E-state index contributed by atoms with van der Waals surface area (Å²) in [7, 11) is 1.59. The zero-order chi connectivity index (χ0) is 13.1. The highest BCUT2D eigenvalue weighted by Crippen LogP contribution is 2.35. The fraction of sp³-hybridized carbons (Fsp3) is 0.692. The van der Waals surface area contributed by atoms with Crippen LogP contribution in [0.1, 0.15) is 49.9 Å². The van der Waals surface area contributed by atoms with Crippen molar-refractivity contribution in [3.05, 3.63) is 11.3 Å². The van der Waals surface area contributed by atoms with Crippen LogP contribution in [0.5, 0.6) is 5.88 Å². The highest BCUT2D eigenvalue weighted by atomic mass is 16.5. The molecule has 2 rings (SSSR count). The maximum absolute atomic E-state index is 10.9. The molecule has 0 atom stereocenters. The highest BCUT2D eigenvalue weighted by Gasteiger charge is 2.26. The third-order valence-electron chi connectivity index (χ3n) is 3.57. The number of aromatic nitrogens is 2. The van der Waals surface area contributed by atoms with Crippen LogP contribution < -0.4 is 4.74 Å². The third kappa shape index (κ3) is 2.35. The Bertz CT molecular complexity index is 434. The van der Waals surface area contributed by atoms with Gasteiger partial charge in [-0.2, -0.15) is 5.10 Å². The summed E-state index contributed by atoms with van der Waals surface area (Å²) >= 11 is 0. The van der Waals surface area contributed by atoms with Crippen molar-refractivity contribution in [2.45, 2.75) is 51.5 Å². The summed E-state index contributed by atoms with van der Waals surface area (Å²) in [6.07, 6.45) is 5.35. The monoisotopic (exact) mass is 252 g/mol. The molecule has 1 heterocycles. The summed E-state index contributed by atoms with van der Waals surface area (Å²) in [4.78, 5) is 10.9. The predicted molar refractivity (Wildman–Crippen MR) is 67.0 cm³/mol. The molecule has 1 aromatic heterocycles. The van der Waals surface area contributed by atoms with Crippen molar-refractivity contribution < 1.29 is 14.6 Å². The smallest absolute Gasteiger partial charge is 0.308 e. The second kappa shape index (κ2) is 5.42. The van der Waals surface area contributed by atoms with Gasteiger partial charge in [-0.05, 0) is 19.3 Å². The quantitative estimate of drug-likeness (QED) is 0.872. The Balaban J connectivity index is 2.39. The maximum atomic E-state index is 10.9. The first-order valence-electron chi connectivity index (χ1n) is 6.53. The number of nitrogens with zero attached hydrogens (tertiary/aromatic N) is 2. The predicted octanol–water partition coefficient (Wildman–Crippen LogP) is 2.20. The number of carboxylic acids is 1. The second-order valence-electron chi connectivity index (χ2n) is 4.74. The molecule has 1 fully saturated rings. The molecule has 0 aliphatic heterocycles. The van der Waals surface area contributed by atoms with Crippen LogP contribution in [0, 0.1) is 0 Å². The average Bonchev–Trinajstić information content (AvgIpc) is 2.94. The van der Waals surface area contributed by atoms with Crippen LogP contribution in [-0.2, 0) is 17.6 Å². The van der Waals surface area contributed by atoms with Crippen molar-refractivity contribution >= 4 is 5.97 Å². The average molecular weight is 252 g/mol. The first-order valence-corrected chi connectivity index (χ1v) is 6.53. The Morgan fingerprint density at radius 3 is 2.67 bits per heavy atom. The molecule has 1 aliphatic carbocycles. The molecular formula is C13H20N2O3. The van der Waals surface area contributed by atoms with Gasteiger partial charge in [0.1, 0.15) is 0 Å². The van der Waals surface area contributed by atoms with Crippen molar-refractivity contribution in [1.82, 2.24) is 9.78 Å². The molecule has 0 spiro atoms. The van der Waals surface area contributed by atoms with Crippen LogP contribution in [0.2, 0.25) is 0 Å². The molecule has 1 aliphatic rings. The third-order valence-corrected chi connectivity index (χ3v) is 3.57. The number of aryl methyl sites for hydroxylation is 1. The van der Waals surface area contributed by atoms with Crippen LogP contribution in [0.4, 0.5) is 0 Å². The van der Waals surface area contributed by atoms with Gasteiger partial charge < -0.3 is 9.84 Å². The minimum Gasteiger partial charge on any atom is -0.481 e. The van der Waals surface area contributed by atoms with Crippen molar-refractivity contribution in [1.29, 1.82) is 0 Å². The van der Waals surface area contributed by atoms with Gasteiger partial charge in [-0.3, -0.25) is 4.79 Å². The number of hydrogen-bond donors (Lipinski definition) is 1. The van der Waals surface area contributed by atoms with Gasteiger partial charge in [0, 0.05) is 5.56 Å². The molecule has 5 heteroatoms. The van der Waals surface area contributed by atoms with E-state index in [0.29, 0.717) is 11.9 Å². The van der Waals surface area contributed by atoms with E-state index in [2.05, 4.69) is 5.10 Å². The van der Waals surface area contributed by atoms with E-state index in [0.717, 1.165) is 30.5 Å². The summed E-state index contributed by atoms with van der Waals surface area (Å²) in [6, 6.07) is 0.368. The lowest BCUT2D eigenvalue weighted by Gasteiger charge is -2.13. The summed E-state index contributed by atoms with van der Waals surface area (Å²) in [5, 5.41) is 13.6. The van der Waals surface area contributed by atoms with Crippen LogP contribution in [0.3, 0.4) is 0 Å². The van der Waals surface area contributed by atoms with E-state index in [1.807, 2.05) is 11.6 Å². The number of carboxylic acid groups (broad SMARTS) is 1. The van der Waals surface area contributed by atoms with Gasteiger partial charge >= 0.3 is 5.97 Å². The van der Waals surface area contributed by atoms with E-state index in [9.17, 15) is 4.79 Å². The van der Waals surface area contributed by atoms with Gasteiger partial charge in [0.15, 0.2) is 0 Å². The van der Waals surface area contributed by atoms with Gasteiger partial charge in [-0.15, -0.1) is 0 Å². The normalized spacial score (nSPS) is 16.1. The summed E-state index contributed by atoms with van der Waals surface area (Å²) in [5.74, 6) is -0.199. The lowest BCUT2D eigenvalue weighted by atomic mass is 10.1. The van der Waals surface area contributed by atoms with Crippen molar-refractivity contribution in [2.24, 2.45) is 0 Å². The molecule has 18 heavy (non-hydrogen) atoms. The molecule has 0 aromatic carbocycles. The van der Waals surface area contributed by atoms with Crippen molar-refractivity contribution in [3.63, 3.8) is 0 Å². The molecule has 0 radical (unpaired) electrons. The van der Waals surface area contributed by atoms with Crippen molar-refractivity contribution in [3.8, 4) is 5.88 Å². The standard InChI is InChI=1S/C13H20N2O3/c1-3-11-10(8-12(16)17)13(18-2)15(14-11)9-6-4-5-7-9/h9H,3-8H2,1-2H3,(H,16,17). The second-order valence-corrected chi connectivity index (χ2v) is 4.74. The number of hydrogen-bond acceptors (Lipinski definition) is 3. The SMILES string of the molecule is CCc1nn(C2CCCC2)c(OC)c1CC(=O)O. The molecule has 5 nitrogen and oxygen atoms in total. The molecule has 0 bridgehead atoms. The molecule has 1 aromatic rings. The fourth-order valence-corrected chi connectivity index (χ4v) is 2.72. The number of ether oxygens (including phenoxy) is 1. The highest BCUT2D eigenvalue weighted by molar-refractivity contribution is 5.71. The lowest BCUT2D eigenvalue weighted by Crippen LogP contribution is -2.09. The molecule has 0 unspecified atom stereocenters. The lowest BCUT2D eigenvalue weighted by molar-refractivity contribution is -0.136. The van der Waals surface area contributed by atoms with Gasteiger partial charge in [-0.1, -0.05) is 19.8 Å². The van der Waals surface area contributed by atoms with E-state index in [4.69, 9.17) is 9.84 Å². The number of methoxy groups -OCH3 is 1. The zero-order valence-electron chi connectivity index (χ0n) is 11.0. The fourth-order valence-electron chi connectivity index (χ4n) is 2.72. The Hall–Kier alpha value is -1.52. The Morgan fingerprint density at radius 2 is 2.17 bits per heavy atom. The number of carbonyl (C=O) groups is 1. The first-order chi connectivity index (χ1) is 8.67. The van der Waals surface area contributed by atoms with Crippen LogP contribution in [0.15, 0.2) is 0 Å². The number of rotatable bonds is 5. The summed E-state index contributed by atoms with van der Waals surface area (Å²) in [5.41, 5.74) is 1.58. The van der Waals surface area contributed by atoms with Crippen LogP contribution in [-0.4, -0.2) is 28.0 Å². The number of aliphatic carboxylic acids is 1. The molecular weight excluding hydrogens is 232 g/mol. The Labute approximate surface area is 107 Å². The minimum atomic E-state index is -0.839. The zero-order valence-corrected chi connectivity index (χ0v) is 11.0. The van der Waals surface area contributed by atoms with Gasteiger partial charge in [0.25, 0.3) is 0 Å². The van der Waals surface area contributed by atoms with Gasteiger partial charge in [-0.25, -0.2) is 4.68 Å². The van der Waals surface area contributed by atoms with Gasteiger partial charge in [0.05, 0.1) is 25.3 Å². The topological polar surface area (TPSA) is 64.4 Å². The Morgan fingerprint density at radius 1 is 1.50 bits per heavy atom. The largest absolute Gasteiger partial charge is 0.481 e. The summed E-state index contributed by atoms with van der Waals surface area (Å²) in [6.45, 7) is 1.99. The molecule has 100 valence electrons. The van der Waals surface area contributed by atoms with Crippen LogP contribution >= 0.6 is 0 Å². The molecule has 1 N–H and O–H groups in total. The molecule has 1 saturated carbocycles. The molecule has 0 amide bonds. The van der Waals surface area contributed by atoms with Gasteiger partial charge in [0.2, 0.25) is 5.88 Å². The minimum absolute atomic E-state index is 0.0148.